The molecule has 2 rings (SSSR count). The Morgan fingerprint density at radius 2 is 2.24 bits per heavy atom. The minimum atomic E-state index is -3.69. The maximum absolute atomic E-state index is 12.2. The highest BCUT2D eigenvalue weighted by Gasteiger charge is 2.28. The van der Waals surface area contributed by atoms with Crippen LogP contribution >= 0.6 is 27.3 Å². The van der Waals surface area contributed by atoms with E-state index in [0.29, 0.717) is 22.9 Å². The molecule has 9 heteroatoms. The molecule has 1 saturated carbocycles. The van der Waals surface area contributed by atoms with E-state index in [1.54, 1.807) is 0 Å². The smallest absolute Gasteiger partial charge is 0.345 e. The Balaban J connectivity index is 1.99. The Morgan fingerprint density at radius 3 is 2.71 bits per heavy atom. The van der Waals surface area contributed by atoms with Gasteiger partial charge < -0.3 is 5.11 Å². The molecule has 1 fully saturated rings. The van der Waals surface area contributed by atoms with Crippen LogP contribution in [0.25, 0.3) is 0 Å². The second-order valence-corrected chi connectivity index (χ2v) is 8.92. The molecule has 0 bridgehead atoms. The number of nitrogens with zero attached hydrogens (tertiary/aromatic N) is 1. The highest BCUT2D eigenvalue weighted by atomic mass is 79.9. The number of rotatable bonds is 8. The minimum absolute atomic E-state index is 0.00425. The van der Waals surface area contributed by atoms with Gasteiger partial charge in [0, 0.05) is 19.1 Å². The quantitative estimate of drug-likeness (QED) is 0.701. The van der Waals surface area contributed by atoms with E-state index in [2.05, 4.69) is 32.5 Å². The number of nitrogens with one attached hydrogen (secondary N) is 1. The fourth-order valence-electron chi connectivity index (χ4n) is 2.08. The number of likely N-dealkylation sites (N-methyl/N-ethyl adjacent to an activating group) is 1. The zero-order chi connectivity index (χ0) is 15.6. The molecule has 0 radical (unpaired) electrons. The summed E-state index contributed by atoms with van der Waals surface area (Å²) in [7, 11) is -3.69. The van der Waals surface area contributed by atoms with Gasteiger partial charge in [-0.25, -0.2) is 17.9 Å². The Kier molecular flexibility index (Phi) is 5.42. The van der Waals surface area contributed by atoms with Gasteiger partial charge in [-0.05, 0) is 41.4 Å². The molecule has 0 amide bonds. The largest absolute Gasteiger partial charge is 0.477 e. The van der Waals surface area contributed by atoms with Gasteiger partial charge in [0.25, 0.3) is 0 Å². The predicted octanol–water partition coefficient (Wildman–Crippen LogP) is 1.97. The monoisotopic (exact) mass is 396 g/mol. The van der Waals surface area contributed by atoms with Crippen LogP contribution in [0.5, 0.6) is 0 Å². The molecule has 0 spiro atoms. The van der Waals surface area contributed by atoms with E-state index in [4.69, 9.17) is 5.11 Å². The molecule has 6 nitrogen and oxygen atoms in total. The molecule has 21 heavy (non-hydrogen) atoms. The number of carboxylic acids is 1. The van der Waals surface area contributed by atoms with Crippen molar-refractivity contribution in [2.75, 3.05) is 19.6 Å². The third kappa shape index (κ3) is 4.26. The normalized spacial score (nSPS) is 15.6. The van der Waals surface area contributed by atoms with Crippen LogP contribution in [0.2, 0.25) is 0 Å². The summed E-state index contributed by atoms with van der Waals surface area (Å²) < 4.78 is 27.2. The summed E-state index contributed by atoms with van der Waals surface area (Å²) in [6, 6.07) is 1.77. The van der Waals surface area contributed by atoms with Crippen LogP contribution in [0.15, 0.2) is 14.7 Å². The summed E-state index contributed by atoms with van der Waals surface area (Å²) in [4.78, 5) is 13.1. The predicted molar refractivity (Wildman–Crippen MR) is 84.4 cm³/mol. The fraction of sp³-hybridized carbons (Fsp3) is 0.583. The SMILES string of the molecule is CCN(CCNS(=O)(=O)c1cc(C(=O)O)sc1Br)C1CC1. The van der Waals surface area contributed by atoms with E-state index < -0.39 is 16.0 Å². The zero-order valence-corrected chi connectivity index (χ0v) is 14.7. The van der Waals surface area contributed by atoms with E-state index in [-0.39, 0.29) is 9.77 Å². The molecule has 2 N–H and O–H groups in total. The lowest BCUT2D eigenvalue weighted by atomic mass is 10.4. The first kappa shape index (κ1) is 16.9. The van der Waals surface area contributed by atoms with Gasteiger partial charge >= 0.3 is 5.97 Å². The third-order valence-corrected chi connectivity index (χ3v) is 7.02. The summed E-state index contributed by atoms with van der Waals surface area (Å²) in [5.41, 5.74) is 0. The number of carbonyl (C=O) groups is 1. The van der Waals surface area contributed by atoms with Gasteiger partial charge in [-0.1, -0.05) is 6.92 Å². The number of sulfonamides is 1. The maximum atomic E-state index is 12.2. The third-order valence-electron chi connectivity index (χ3n) is 3.32. The van der Waals surface area contributed by atoms with E-state index in [9.17, 15) is 13.2 Å². The van der Waals surface area contributed by atoms with Crippen molar-refractivity contribution in [3.8, 4) is 0 Å². The van der Waals surface area contributed by atoms with Crippen molar-refractivity contribution in [2.45, 2.75) is 30.7 Å². The average Bonchev–Trinajstić information content (AvgIpc) is 3.16. The molecule has 1 aromatic heterocycles. The van der Waals surface area contributed by atoms with Crippen LogP contribution in [-0.4, -0.2) is 50.1 Å². The second-order valence-electron chi connectivity index (χ2n) is 4.81. The average molecular weight is 397 g/mol. The van der Waals surface area contributed by atoms with E-state index in [0.717, 1.165) is 17.9 Å². The van der Waals surface area contributed by atoms with Crippen molar-refractivity contribution in [1.29, 1.82) is 0 Å². The molecule has 1 heterocycles. The van der Waals surface area contributed by atoms with Crippen molar-refractivity contribution in [3.63, 3.8) is 0 Å². The van der Waals surface area contributed by atoms with E-state index in [1.165, 1.54) is 18.9 Å². The van der Waals surface area contributed by atoms with Crippen LogP contribution in [0.4, 0.5) is 0 Å². The Hall–Kier alpha value is -0.480. The molecular formula is C12H17BrN2O4S2. The van der Waals surface area contributed by atoms with E-state index in [1.807, 2.05) is 0 Å². The summed E-state index contributed by atoms with van der Waals surface area (Å²) in [6.45, 7) is 3.93. The van der Waals surface area contributed by atoms with Crippen LogP contribution in [-0.2, 0) is 10.0 Å². The van der Waals surface area contributed by atoms with Gasteiger partial charge in [0.05, 0.1) is 3.79 Å². The Bertz CT molecular complexity index is 625. The molecule has 0 aliphatic heterocycles. The number of hydrogen-bond acceptors (Lipinski definition) is 5. The first-order valence-electron chi connectivity index (χ1n) is 6.61. The van der Waals surface area contributed by atoms with E-state index >= 15 is 0 Å². The molecule has 0 unspecified atom stereocenters. The van der Waals surface area contributed by atoms with Gasteiger partial charge in [-0.2, -0.15) is 0 Å². The summed E-state index contributed by atoms with van der Waals surface area (Å²) in [6.07, 6.45) is 2.36. The van der Waals surface area contributed by atoms with Gasteiger partial charge in [0.1, 0.15) is 9.77 Å². The first-order chi connectivity index (χ1) is 9.85. The molecule has 118 valence electrons. The van der Waals surface area contributed by atoms with Crippen molar-refractivity contribution in [3.05, 3.63) is 14.7 Å². The lowest BCUT2D eigenvalue weighted by molar-refractivity contribution is 0.0702. The van der Waals surface area contributed by atoms with Crippen molar-refractivity contribution >= 4 is 43.3 Å². The summed E-state index contributed by atoms with van der Waals surface area (Å²) in [5.74, 6) is -1.13. The Morgan fingerprint density at radius 1 is 1.57 bits per heavy atom. The van der Waals surface area contributed by atoms with Crippen molar-refractivity contribution in [2.24, 2.45) is 0 Å². The minimum Gasteiger partial charge on any atom is -0.477 e. The first-order valence-corrected chi connectivity index (χ1v) is 9.70. The molecule has 0 saturated heterocycles. The second kappa shape index (κ2) is 6.74. The van der Waals surface area contributed by atoms with Crippen LogP contribution in [0, 0.1) is 0 Å². The van der Waals surface area contributed by atoms with Crippen molar-refractivity contribution < 1.29 is 18.3 Å². The molecular weight excluding hydrogens is 380 g/mol. The lowest BCUT2D eigenvalue weighted by Crippen LogP contribution is -2.36. The van der Waals surface area contributed by atoms with Crippen LogP contribution in [0.3, 0.4) is 0 Å². The molecule has 1 aliphatic carbocycles. The molecule has 1 aliphatic rings. The molecule has 0 aromatic carbocycles. The van der Waals surface area contributed by atoms with Gasteiger partial charge in [-0.15, -0.1) is 11.3 Å². The van der Waals surface area contributed by atoms with Crippen LogP contribution in [0.1, 0.15) is 29.4 Å². The van der Waals surface area contributed by atoms with Gasteiger partial charge in [0.15, 0.2) is 0 Å². The number of aromatic carboxylic acids is 1. The molecule has 0 atom stereocenters. The summed E-state index contributed by atoms with van der Waals surface area (Å²) in [5, 5.41) is 8.90. The molecule has 1 aromatic rings. The number of hydrogen-bond donors (Lipinski definition) is 2. The Labute approximate surface area is 136 Å². The highest BCUT2D eigenvalue weighted by molar-refractivity contribution is 9.11. The van der Waals surface area contributed by atoms with Gasteiger partial charge in [-0.3, -0.25) is 4.90 Å². The van der Waals surface area contributed by atoms with Crippen molar-refractivity contribution in [1.82, 2.24) is 9.62 Å². The van der Waals surface area contributed by atoms with Crippen LogP contribution < -0.4 is 4.72 Å². The lowest BCUT2D eigenvalue weighted by Gasteiger charge is -2.19. The number of carboxylic acid groups (broad SMARTS) is 1. The highest BCUT2D eigenvalue weighted by Crippen LogP contribution is 2.31. The topological polar surface area (TPSA) is 86.7 Å². The fourth-order valence-corrected chi connectivity index (χ4v) is 5.50. The van der Waals surface area contributed by atoms with Gasteiger partial charge in [0.2, 0.25) is 10.0 Å². The standard InChI is InChI=1S/C12H17BrN2O4S2/c1-2-15(8-3-4-8)6-5-14-21(18,19)10-7-9(12(16)17)20-11(10)13/h7-8,14H,2-6H2,1H3,(H,16,17). The number of halogens is 1. The zero-order valence-electron chi connectivity index (χ0n) is 11.5. The number of thiophene rings is 1. The summed E-state index contributed by atoms with van der Waals surface area (Å²) >= 11 is 4.01. The maximum Gasteiger partial charge on any atom is 0.345 e.